The molecule has 0 saturated carbocycles. The molecule has 0 N–H and O–H groups in total. The van der Waals surface area contributed by atoms with Gasteiger partial charge in [-0.15, -0.1) is 0 Å². The fourth-order valence-electron chi connectivity index (χ4n) is 1.75. The quantitative estimate of drug-likeness (QED) is 0.592. The molecule has 2 aromatic rings. The van der Waals surface area contributed by atoms with Crippen LogP contribution in [-0.4, -0.2) is 7.11 Å². The van der Waals surface area contributed by atoms with E-state index in [1.807, 2.05) is 18.2 Å². The largest absolute Gasteiger partial charge is 0.495 e. The Morgan fingerprint density at radius 1 is 1.10 bits per heavy atom. The van der Waals surface area contributed by atoms with Crippen LogP contribution in [0.2, 0.25) is 0 Å². The first-order chi connectivity index (χ1) is 10.0. The molecule has 0 bridgehead atoms. The second-order valence-corrected chi connectivity index (χ2v) is 6.76. The van der Waals surface area contributed by atoms with Crippen molar-refractivity contribution in [2.24, 2.45) is 0 Å². The number of rotatable bonds is 4. The van der Waals surface area contributed by atoms with Crippen LogP contribution in [0.15, 0.2) is 43.7 Å². The molecule has 0 heterocycles. The molecular formula is C15H10Br3NO2. The second kappa shape index (κ2) is 7.30. The summed E-state index contributed by atoms with van der Waals surface area (Å²) in [5.41, 5.74) is 1.39. The Bertz CT molecular complexity index is 688. The van der Waals surface area contributed by atoms with Gasteiger partial charge >= 0.3 is 0 Å². The molecule has 21 heavy (non-hydrogen) atoms. The molecule has 0 amide bonds. The first-order valence-corrected chi connectivity index (χ1v) is 8.27. The zero-order valence-electron chi connectivity index (χ0n) is 11.0. The van der Waals surface area contributed by atoms with Crippen LogP contribution in [0.5, 0.6) is 11.5 Å². The van der Waals surface area contributed by atoms with Crippen LogP contribution in [0.3, 0.4) is 0 Å². The molecule has 0 aliphatic rings. The lowest BCUT2D eigenvalue weighted by Gasteiger charge is -2.12. The Balaban J connectivity index is 2.19. The molecule has 0 aliphatic carbocycles. The molecule has 0 aromatic heterocycles. The SMILES string of the molecule is COc1ccc(COc2c(Br)cc(Br)cc2Br)cc1C#N. The van der Waals surface area contributed by atoms with Gasteiger partial charge in [0.1, 0.15) is 24.2 Å². The van der Waals surface area contributed by atoms with Crippen molar-refractivity contribution in [2.45, 2.75) is 6.61 Å². The molecular weight excluding hydrogens is 466 g/mol. The van der Waals surface area contributed by atoms with Crippen molar-refractivity contribution in [2.75, 3.05) is 7.11 Å². The minimum absolute atomic E-state index is 0.359. The van der Waals surface area contributed by atoms with Crippen LogP contribution >= 0.6 is 47.8 Å². The molecule has 6 heteroatoms. The molecule has 0 atom stereocenters. The van der Waals surface area contributed by atoms with E-state index >= 15 is 0 Å². The highest BCUT2D eigenvalue weighted by atomic mass is 79.9. The van der Waals surface area contributed by atoms with Gasteiger partial charge in [-0.1, -0.05) is 22.0 Å². The molecule has 0 aliphatic heterocycles. The number of benzene rings is 2. The van der Waals surface area contributed by atoms with E-state index in [4.69, 9.17) is 14.7 Å². The molecule has 2 rings (SSSR count). The van der Waals surface area contributed by atoms with Gasteiger partial charge in [-0.25, -0.2) is 0 Å². The minimum atomic E-state index is 0.359. The van der Waals surface area contributed by atoms with E-state index in [0.717, 1.165) is 19.0 Å². The minimum Gasteiger partial charge on any atom is -0.495 e. The maximum Gasteiger partial charge on any atom is 0.148 e. The van der Waals surface area contributed by atoms with Gasteiger partial charge in [-0.3, -0.25) is 0 Å². The summed E-state index contributed by atoms with van der Waals surface area (Å²) in [7, 11) is 1.54. The van der Waals surface area contributed by atoms with Gasteiger partial charge in [0.25, 0.3) is 0 Å². The van der Waals surface area contributed by atoms with Crippen LogP contribution < -0.4 is 9.47 Å². The molecule has 108 valence electrons. The highest BCUT2D eigenvalue weighted by molar-refractivity contribution is 9.11. The standard InChI is InChI=1S/C15H10Br3NO2/c1-20-14-3-2-9(4-10(14)7-19)8-21-15-12(17)5-11(16)6-13(15)18/h2-6H,8H2,1H3. The summed E-state index contributed by atoms with van der Waals surface area (Å²) in [6, 6.07) is 11.3. The van der Waals surface area contributed by atoms with Crippen molar-refractivity contribution in [1.82, 2.24) is 0 Å². The zero-order valence-corrected chi connectivity index (χ0v) is 15.7. The second-order valence-electron chi connectivity index (χ2n) is 4.13. The average molecular weight is 476 g/mol. The molecule has 0 unspecified atom stereocenters. The van der Waals surface area contributed by atoms with Gasteiger partial charge in [0.15, 0.2) is 0 Å². The number of nitriles is 1. The van der Waals surface area contributed by atoms with E-state index in [-0.39, 0.29) is 0 Å². The third-order valence-corrected chi connectivity index (χ3v) is 4.37. The van der Waals surface area contributed by atoms with Crippen LogP contribution in [0.25, 0.3) is 0 Å². The number of hydrogen-bond donors (Lipinski definition) is 0. The topological polar surface area (TPSA) is 42.2 Å². The fourth-order valence-corrected chi connectivity index (χ4v) is 4.24. The van der Waals surface area contributed by atoms with Crippen LogP contribution in [0.1, 0.15) is 11.1 Å². The first-order valence-electron chi connectivity index (χ1n) is 5.89. The van der Waals surface area contributed by atoms with Crippen molar-refractivity contribution in [1.29, 1.82) is 5.26 Å². The summed E-state index contributed by atoms with van der Waals surface area (Å²) >= 11 is 10.3. The fraction of sp³-hybridized carbons (Fsp3) is 0.133. The normalized spacial score (nSPS) is 10.0. The summed E-state index contributed by atoms with van der Waals surface area (Å²) in [6.07, 6.45) is 0. The maximum absolute atomic E-state index is 9.09. The third kappa shape index (κ3) is 4.00. The van der Waals surface area contributed by atoms with E-state index in [1.54, 1.807) is 19.2 Å². The Morgan fingerprint density at radius 3 is 2.33 bits per heavy atom. The molecule has 0 radical (unpaired) electrons. The van der Waals surface area contributed by atoms with E-state index in [9.17, 15) is 0 Å². The Kier molecular flexibility index (Phi) is 5.68. The van der Waals surface area contributed by atoms with Crippen molar-refractivity contribution in [3.05, 3.63) is 54.9 Å². The number of halogens is 3. The molecule has 0 saturated heterocycles. The summed E-state index contributed by atoms with van der Waals surface area (Å²) in [6.45, 7) is 0.359. The summed E-state index contributed by atoms with van der Waals surface area (Å²) in [4.78, 5) is 0. The molecule has 0 fully saturated rings. The Morgan fingerprint density at radius 2 is 1.76 bits per heavy atom. The monoisotopic (exact) mass is 473 g/mol. The lowest BCUT2D eigenvalue weighted by molar-refractivity contribution is 0.302. The summed E-state index contributed by atoms with van der Waals surface area (Å²) in [5.74, 6) is 1.28. The maximum atomic E-state index is 9.09. The smallest absolute Gasteiger partial charge is 0.148 e. The van der Waals surface area contributed by atoms with Crippen molar-refractivity contribution >= 4 is 47.8 Å². The number of methoxy groups -OCH3 is 1. The van der Waals surface area contributed by atoms with E-state index in [2.05, 4.69) is 53.9 Å². The first kappa shape index (κ1) is 16.3. The highest BCUT2D eigenvalue weighted by Crippen LogP contribution is 2.37. The molecule has 0 spiro atoms. The van der Waals surface area contributed by atoms with Crippen LogP contribution in [0, 0.1) is 11.3 Å². The third-order valence-electron chi connectivity index (χ3n) is 2.73. The zero-order chi connectivity index (χ0) is 15.4. The average Bonchev–Trinajstić information content (AvgIpc) is 2.45. The van der Waals surface area contributed by atoms with E-state index < -0.39 is 0 Å². The van der Waals surface area contributed by atoms with Crippen molar-refractivity contribution < 1.29 is 9.47 Å². The van der Waals surface area contributed by atoms with Gasteiger partial charge in [0, 0.05) is 4.47 Å². The highest BCUT2D eigenvalue weighted by Gasteiger charge is 2.10. The lowest BCUT2D eigenvalue weighted by Crippen LogP contribution is -1.98. The van der Waals surface area contributed by atoms with Crippen LogP contribution in [-0.2, 0) is 6.61 Å². The van der Waals surface area contributed by atoms with Gasteiger partial charge in [0.05, 0.1) is 21.6 Å². The predicted octanol–water partition coefficient (Wildman–Crippen LogP) is 5.43. The van der Waals surface area contributed by atoms with E-state index in [0.29, 0.717) is 23.7 Å². The van der Waals surface area contributed by atoms with Crippen molar-refractivity contribution in [3.63, 3.8) is 0 Å². The Labute approximate surface area is 148 Å². The molecule has 2 aromatic carbocycles. The Hall–Kier alpha value is -1.03. The van der Waals surface area contributed by atoms with Gasteiger partial charge < -0.3 is 9.47 Å². The molecule has 3 nitrogen and oxygen atoms in total. The lowest BCUT2D eigenvalue weighted by atomic mass is 10.1. The summed E-state index contributed by atoms with van der Waals surface area (Å²) < 4.78 is 13.6. The number of nitrogens with zero attached hydrogens (tertiary/aromatic N) is 1. The predicted molar refractivity (Wildman–Crippen MR) is 91.6 cm³/mol. The van der Waals surface area contributed by atoms with Gasteiger partial charge in [0.2, 0.25) is 0 Å². The number of hydrogen-bond acceptors (Lipinski definition) is 3. The van der Waals surface area contributed by atoms with E-state index in [1.165, 1.54) is 0 Å². The van der Waals surface area contributed by atoms with Crippen LogP contribution in [0.4, 0.5) is 0 Å². The van der Waals surface area contributed by atoms with Crippen molar-refractivity contribution in [3.8, 4) is 17.6 Å². The summed E-state index contributed by atoms with van der Waals surface area (Å²) in [5, 5.41) is 9.09. The van der Waals surface area contributed by atoms with Gasteiger partial charge in [-0.05, 0) is 61.7 Å². The number of ether oxygens (including phenoxy) is 2. The van der Waals surface area contributed by atoms with Gasteiger partial charge in [-0.2, -0.15) is 5.26 Å².